The van der Waals surface area contributed by atoms with Crippen molar-refractivity contribution >= 4 is 11.6 Å². The van der Waals surface area contributed by atoms with Gasteiger partial charge in [0.2, 0.25) is 0 Å². The van der Waals surface area contributed by atoms with Crippen LogP contribution in [0.5, 0.6) is 5.75 Å². The third-order valence-corrected chi connectivity index (χ3v) is 2.70. The van der Waals surface area contributed by atoms with E-state index in [4.69, 9.17) is 22.1 Å². The Hall–Kier alpha value is -0.770. The number of benzene rings is 1. The highest BCUT2D eigenvalue weighted by molar-refractivity contribution is 6.31. The highest BCUT2D eigenvalue weighted by Crippen LogP contribution is 2.27. The van der Waals surface area contributed by atoms with Gasteiger partial charge in [-0.3, -0.25) is 0 Å². The molecular weight excluding hydrogens is 214 g/mol. The molecule has 0 radical (unpaired) electrons. The van der Waals surface area contributed by atoms with Crippen LogP contribution in [-0.2, 0) is 6.42 Å². The van der Waals surface area contributed by atoms with Crippen molar-refractivity contribution in [3.8, 4) is 5.75 Å². The monoisotopic (exact) mass is 229 g/mol. The summed E-state index contributed by atoms with van der Waals surface area (Å²) in [6.45, 7) is 2.14. The Kier molecular flexibility index (Phi) is 4.39. The maximum atomic E-state index is 9.47. The summed E-state index contributed by atoms with van der Waals surface area (Å²) in [5.74, 6) is 0.740. The summed E-state index contributed by atoms with van der Waals surface area (Å²) in [5, 5.41) is 10.1. The van der Waals surface area contributed by atoms with Crippen LogP contribution in [-0.4, -0.2) is 24.9 Å². The van der Waals surface area contributed by atoms with Crippen molar-refractivity contribution in [2.75, 3.05) is 13.7 Å². The van der Waals surface area contributed by atoms with Gasteiger partial charge >= 0.3 is 0 Å². The molecule has 0 heterocycles. The lowest BCUT2D eigenvalue weighted by molar-refractivity contribution is 0.182. The molecule has 84 valence electrons. The first-order chi connectivity index (χ1) is 7.08. The average molecular weight is 230 g/mol. The van der Waals surface area contributed by atoms with E-state index in [1.807, 2.05) is 19.1 Å². The van der Waals surface area contributed by atoms with Crippen LogP contribution in [0, 0.1) is 6.92 Å². The van der Waals surface area contributed by atoms with E-state index >= 15 is 0 Å². The number of hydrogen-bond donors (Lipinski definition) is 2. The minimum atomic E-state index is -0.558. The van der Waals surface area contributed by atoms with E-state index in [1.54, 1.807) is 7.11 Å². The van der Waals surface area contributed by atoms with Gasteiger partial charge in [-0.25, -0.2) is 0 Å². The molecule has 1 atom stereocenters. The molecular formula is C11H16ClNO2. The van der Waals surface area contributed by atoms with E-state index in [0.29, 0.717) is 11.4 Å². The Morgan fingerprint density at radius 2 is 2.20 bits per heavy atom. The van der Waals surface area contributed by atoms with Crippen LogP contribution < -0.4 is 10.5 Å². The molecule has 4 heteroatoms. The molecule has 0 saturated heterocycles. The predicted molar refractivity (Wildman–Crippen MR) is 61.5 cm³/mol. The molecule has 1 aromatic rings. The standard InChI is InChI=1S/C11H16ClNO2/c1-7-3-11(15-2)8(5-10(7)12)4-9(14)6-13/h3,5,9,14H,4,6,13H2,1-2H3. The van der Waals surface area contributed by atoms with Crippen LogP contribution >= 0.6 is 11.6 Å². The van der Waals surface area contributed by atoms with Gasteiger partial charge in [-0.05, 0) is 30.2 Å². The number of nitrogens with two attached hydrogens (primary N) is 1. The van der Waals surface area contributed by atoms with Crippen LogP contribution in [0.1, 0.15) is 11.1 Å². The van der Waals surface area contributed by atoms with Gasteiger partial charge < -0.3 is 15.6 Å². The molecule has 0 saturated carbocycles. The summed E-state index contributed by atoms with van der Waals surface area (Å²) in [4.78, 5) is 0. The Balaban J connectivity index is 2.99. The molecule has 1 unspecified atom stereocenters. The summed E-state index contributed by atoms with van der Waals surface area (Å²) in [6, 6.07) is 3.68. The van der Waals surface area contributed by atoms with Gasteiger partial charge in [-0.15, -0.1) is 0 Å². The molecule has 0 aliphatic rings. The first kappa shape index (κ1) is 12.3. The largest absolute Gasteiger partial charge is 0.496 e. The van der Waals surface area contributed by atoms with Crippen LogP contribution in [0.25, 0.3) is 0 Å². The van der Waals surface area contributed by atoms with Crippen molar-refractivity contribution in [3.05, 3.63) is 28.3 Å². The number of halogens is 1. The molecule has 1 aromatic carbocycles. The van der Waals surface area contributed by atoms with Crippen molar-refractivity contribution in [3.63, 3.8) is 0 Å². The fourth-order valence-electron chi connectivity index (χ4n) is 1.38. The predicted octanol–water partition coefficient (Wildman–Crippen LogP) is 1.52. The van der Waals surface area contributed by atoms with Crippen molar-refractivity contribution in [2.24, 2.45) is 5.73 Å². The Labute approximate surface area is 94.8 Å². The van der Waals surface area contributed by atoms with Gasteiger partial charge in [-0.2, -0.15) is 0 Å². The molecule has 1 rings (SSSR count). The normalized spacial score (nSPS) is 12.6. The van der Waals surface area contributed by atoms with Gasteiger partial charge in [0.05, 0.1) is 13.2 Å². The highest BCUT2D eigenvalue weighted by atomic mass is 35.5. The number of aryl methyl sites for hydroxylation is 1. The minimum absolute atomic E-state index is 0.231. The van der Waals surface area contributed by atoms with Gasteiger partial charge in [-0.1, -0.05) is 11.6 Å². The van der Waals surface area contributed by atoms with Gasteiger partial charge in [0.25, 0.3) is 0 Å². The summed E-state index contributed by atoms with van der Waals surface area (Å²) in [6.07, 6.45) is -0.0997. The minimum Gasteiger partial charge on any atom is -0.496 e. The first-order valence-electron chi connectivity index (χ1n) is 4.79. The lowest BCUT2D eigenvalue weighted by Crippen LogP contribution is -2.22. The third-order valence-electron chi connectivity index (χ3n) is 2.29. The zero-order valence-electron chi connectivity index (χ0n) is 8.96. The molecule has 0 spiro atoms. The van der Waals surface area contributed by atoms with Crippen molar-refractivity contribution in [1.82, 2.24) is 0 Å². The van der Waals surface area contributed by atoms with E-state index in [-0.39, 0.29) is 6.54 Å². The fraction of sp³-hybridized carbons (Fsp3) is 0.455. The maximum absolute atomic E-state index is 9.47. The lowest BCUT2D eigenvalue weighted by atomic mass is 10.0. The lowest BCUT2D eigenvalue weighted by Gasteiger charge is -2.13. The molecule has 0 bridgehead atoms. The molecule has 3 N–H and O–H groups in total. The summed E-state index contributed by atoms with van der Waals surface area (Å²) in [5.41, 5.74) is 7.19. The first-order valence-corrected chi connectivity index (χ1v) is 5.17. The van der Waals surface area contributed by atoms with Gasteiger partial charge in [0, 0.05) is 18.0 Å². The number of rotatable bonds is 4. The molecule has 0 aliphatic carbocycles. The highest BCUT2D eigenvalue weighted by Gasteiger charge is 2.10. The topological polar surface area (TPSA) is 55.5 Å². The zero-order chi connectivity index (χ0) is 11.4. The number of aliphatic hydroxyl groups is 1. The quantitative estimate of drug-likeness (QED) is 0.823. The van der Waals surface area contributed by atoms with E-state index < -0.39 is 6.10 Å². The number of ether oxygens (including phenoxy) is 1. The number of aliphatic hydroxyl groups excluding tert-OH is 1. The smallest absolute Gasteiger partial charge is 0.122 e. The fourth-order valence-corrected chi connectivity index (χ4v) is 1.57. The average Bonchev–Trinajstić information content (AvgIpc) is 2.22. The molecule has 0 aromatic heterocycles. The van der Waals surface area contributed by atoms with E-state index in [1.165, 1.54) is 0 Å². The maximum Gasteiger partial charge on any atom is 0.122 e. The Morgan fingerprint density at radius 3 is 2.73 bits per heavy atom. The van der Waals surface area contributed by atoms with E-state index in [2.05, 4.69) is 0 Å². The molecule has 0 fully saturated rings. The van der Waals surface area contributed by atoms with Crippen LogP contribution in [0.4, 0.5) is 0 Å². The van der Waals surface area contributed by atoms with Crippen molar-refractivity contribution in [1.29, 1.82) is 0 Å². The summed E-state index contributed by atoms with van der Waals surface area (Å²) < 4.78 is 5.22. The van der Waals surface area contributed by atoms with Gasteiger partial charge in [0.1, 0.15) is 5.75 Å². The van der Waals surface area contributed by atoms with Crippen LogP contribution in [0.2, 0.25) is 5.02 Å². The Bertz CT molecular complexity index is 342. The number of hydrogen-bond acceptors (Lipinski definition) is 3. The second kappa shape index (κ2) is 5.35. The molecule has 3 nitrogen and oxygen atoms in total. The summed E-state index contributed by atoms with van der Waals surface area (Å²) >= 11 is 6.00. The third kappa shape index (κ3) is 3.09. The van der Waals surface area contributed by atoms with E-state index in [9.17, 15) is 5.11 Å². The van der Waals surface area contributed by atoms with Gasteiger partial charge in [0.15, 0.2) is 0 Å². The second-order valence-electron chi connectivity index (χ2n) is 3.51. The molecule has 0 aliphatic heterocycles. The second-order valence-corrected chi connectivity index (χ2v) is 3.91. The van der Waals surface area contributed by atoms with E-state index in [0.717, 1.165) is 16.9 Å². The SMILES string of the molecule is COc1cc(C)c(Cl)cc1CC(O)CN. The number of methoxy groups -OCH3 is 1. The zero-order valence-corrected chi connectivity index (χ0v) is 9.71. The molecule has 15 heavy (non-hydrogen) atoms. The Morgan fingerprint density at radius 1 is 1.53 bits per heavy atom. The van der Waals surface area contributed by atoms with Crippen LogP contribution in [0.15, 0.2) is 12.1 Å². The van der Waals surface area contributed by atoms with Crippen molar-refractivity contribution in [2.45, 2.75) is 19.4 Å². The van der Waals surface area contributed by atoms with Crippen LogP contribution in [0.3, 0.4) is 0 Å². The van der Waals surface area contributed by atoms with Crippen molar-refractivity contribution < 1.29 is 9.84 Å². The summed E-state index contributed by atoms with van der Waals surface area (Å²) in [7, 11) is 1.60. The molecule has 0 amide bonds.